The zero-order valence-electron chi connectivity index (χ0n) is 24.0. The molecule has 0 aliphatic heterocycles. The first-order chi connectivity index (χ1) is 20.2. The van der Waals surface area contributed by atoms with Crippen LogP contribution < -0.4 is 5.32 Å². The van der Waals surface area contributed by atoms with Crippen molar-refractivity contribution in [1.29, 1.82) is 0 Å². The smallest absolute Gasteiger partial charge is 0.419 e. The summed E-state index contributed by atoms with van der Waals surface area (Å²) >= 11 is 0. The van der Waals surface area contributed by atoms with Gasteiger partial charge in [-0.1, -0.05) is 79.4 Å². The highest BCUT2D eigenvalue weighted by Crippen LogP contribution is 2.44. The Morgan fingerprint density at radius 1 is 0.929 bits per heavy atom. The van der Waals surface area contributed by atoms with Gasteiger partial charge in [-0.15, -0.1) is 0 Å². The third kappa shape index (κ3) is 6.07. The van der Waals surface area contributed by atoms with Crippen LogP contribution in [0.1, 0.15) is 43.4 Å². The molecule has 1 aliphatic carbocycles. The monoisotopic (exact) mass is 566 g/mol. The van der Waals surface area contributed by atoms with Gasteiger partial charge in [0.05, 0.1) is 5.52 Å². The second-order valence-electron chi connectivity index (χ2n) is 11.2. The van der Waals surface area contributed by atoms with Crippen molar-refractivity contribution in [1.82, 2.24) is 9.88 Å². The molecule has 0 unspecified atom stereocenters. The number of rotatable bonds is 8. The summed E-state index contributed by atoms with van der Waals surface area (Å²) in [5.41, 5.74) is 5.01. The van der Waals surface area contributed by atoms with Crippen LogP contribution in [0.5, 0.6) is 0 Å². The number of alkyl carbamates (subject to hydrolysis) is 1. The number of ether oxygens (including phenoxy) is 3. The van der Waals surface area contributed by atoms with Crippen LogP contribution >= 0.6 is 0 Å². The van der Waals surface area contributed by atoms with Gasteiger partial charge in [-0.3, -0.25) is 4.57 Å². The molecule has 0 spiro atoms. The van der Waals surface area contributed by atoms with E-state index in [9.17, 15) is 14.4 Å². The molecule has 1 atom stereocenters. The molecule has 1 heterocycles. The summed E-state index contributed by atoms with van der Waals surface area (Å²) in [6.07, 6.45) is 1.87. The van der Waals surface area contributed by atoms with E-state index in [0.717, 1.165) is 27.6 Å². The molecule has 0 fully saturated rings. The number of carbonyl (C=O) groups is 3. The fourth-order valence-electron chi connectivity index (χ4n) is 5.31. The number of hydrogen-bond donors (Lipinski definition) is 1. The van der Waals surface area contributed by atoms with E-state index in [4.69, 9.17) is 14.2 Å². The molecule has 8 nitrogen and oxygen atoms in total. The predicted molar refractivity (Wildman–Crippen MR) is 160 cm³/mol. The topological polar surface area (TPSA) is 95.9 Å². The molecule has 8 heteroatoms. The van der Waals surface area contributed by atoms with Crippen LogP contribution in [0.15, 0.2) is 91.6 Å². The average molecular weight is 567 g/mol. The Bertz CT molecular complexity index is 1600. The van der Waals surface area contributed by atoms with E-state index in [0.29, 0.717) is 11.1 Å². The largest absolute Gasteiger partial charge is 0.460 e. The minimum absolute atomic E-state index is 0.0125. The van der Waals surface area contributed by atoms with Gasteiger partial charge in [0.2, 0.25) is 0 Å². The normalized spacial score (nSPS) is 13.1. The number of amides is 1. The van der Waals surface area contributed by atoms with E-state index >= 15 is 0 Å². The number of benzene rings is 3. The van der Waals surface area contributed by atoms with Crippen LogP contribution in [0.2, 0.25) is 0 Å². The summed E-state index contributed by atoms with van der Waals surface area (Å²) in [5.74, 6) is -0.765. The lowest BCUT2D eigenvalue weighted by molar-refractivity contribution is -0.144. The summed E-state index contributed by atoms with van der Waals surface area (Å²) < 4.78 is 18.0. The van der Waals surface area contributed by atoms with Gasteiger partial charge >= 0.3 is 18.2 Å². The van der Waals surface area contributed by atoms with Gasteiger partial charge in [0.25, 0.3) is 0 Å². The van der Waals surface area contributed by atoms with Crippen LogP contribution in [0, 0.1) is 0 Å². The maximum atomic E-state index is 13.1. The number of nitrogens with one attached hydrogen (secondary N) is 1. The van der Waals surface area contributed by atoms with Crippen LogP contribution in [-0.2, 0) is 25.4 Å². The average Bonchev–Trinajstić information content (AvgIpc) is 3.49. The van der Waals surface area contributed by atoms with Gasteiger partial charge in [-0.05, 0) is 54.7 Å². The molecule has 1 amide bonds. The Morgan fingerprint density at radius 2 is 1.55 bits per heavy atom. The number of esters is 1. The van der Waals surface area contributed by atoms with Gasteiger partial charge in [-0.25, -0.2) is 14.4 Å². The van der Waals surface area contributed by atoms with E-state index in [1.165, 1.54) is 10.6 Å². The Hall–Kier alpha value is -4.85. The molecular formula is C34H34N2O6. The standard InChI is InChI=1S/C34H34N2O6/c1-5-18-40-31(37)29(19-22-20-36(33(39)42-34(2,3)4)30-17-11-10-12-23(22)30)35-32(38)41-21-28-26-15-8-6-13-24(26)25-14-7-9-16-27(25)28/h5-17,20,28-29H,1,18-19,21H2,2-4H3,(H,35,38)/t29-/m1/s1. The third-order valence-electron chi connectivity index (χ3n) is 7.07. The molecule has 216 valence electrons. The second-order valence-corrected chi connectivity index (χ2v) is 11.2. The Morgan fingerprint density at radius 3 is 2.19 bits per heavy atom. The minimum Gasteiger partial charge on any atom is -0.460 e. The van der Waals surface area contributed by atoms with Crippen molar-refractivity contribution in [3.8, 4) is 11.1 Å². The van der Waals surface area contributed by atoms with E-state index in [1.807, 2.05) is 54.6 Å². The molecule has 0 radical (unpaired) electrons. The van der Waals surface area contributed by atoms with E-state index < -0.39 is 29.8 Å². The molecule has 1 N–H and O–H groups in total. The Labute approximate surface area is 244 Å². The number of carbonyl (C=O) groups excluding carboxylic acids is 3. The van der Waals surface area contributed by atoms with Gasteiger partial charge in [0.15, 0.2) is 0 Å². The van der Waals surface area contributed by atoms with E-state index in [1.54, 1.807) is 33.0 Å². The molecule has 0 saturated carbocycles. The predicted octanol–water partition coefficient (Wildman–Crippen LogP) is 6.60. The first-order valence-electron chi connectivity index (χ1n) is 13.9. The first kappa shape index (κ1) is 28.7. The fraction of sp³-hybridized carbons (Fsp3) is 0.265. The maximum Gasteiger partial charge on any atom is 0.419 e. The van der Waals surface area contributed by atoms with Crippen LogP contribution in [0.25, 0.3) is 22.0 Å². The number of fused-ring (bicyclic) bond motifs is 4. The molecule has 4 aromatic rings. The molecule has 1 aromatic heterocycles. The van der Waals surface area contributed by atoms with Crippen molar-refractivity contribution in [3.63, 3.8) is 0 Å². The summed E-state index contributed by atoms with van der Waals surface area (Å²) in [7, 11) is 0. The second kappa shape index (κ2) is 11.9. The van der Waals surface area contributed by atoms with Crippen LogP contribution in [0.3, 0.4) is 0 Å². The van der Waals surface area contributed by atoms with Crippen LogP contribution in [0.4, 0.5) is 9.59 Å². The van der Waals surface area contributed by atoms with Crippen molar-refractivity contribution in [3.05, 3.63) is 108 Å². The van der Waals surface area contributed by atoms with E-state index in [-0.39, 0.29) is 25.6 Å². The highest BCUT2D eigenvalue weighted by molar-refractivity contribution is 5.93. The number of aromatic nitrogens is 1. The first-order valence-corrected chi connectivity index (χ1v) is 13.9. The van der Waals surface area contributed by atoms with Gasteiger partial charge in [-0.2, -0.15) is 0 Å². The van der Waals surface area contributed by atoms with Gasteiger partial charge < -0.3 is 19.5 Å². The van der Waals surface area contributed by atoms with Crippen molar-refractivity contribution in [2.24, 2.45) is 0 Å². The zero-order valence-corrected chi connectivity index (χ0v) is 24.0. The quantitative estimate of drug-likeness (QED) is 0.147. The molecule has 42 heavy (non-hydrogen) atoms. The molecule has 0 saturated heterocycles. The minimum atomic E-state index is -1.07. The van der Waals surface area contributed by atoms with Gasteiger partial charge in [0, 0.05) is 23.9 Å². The Kier molecular flexibility index (Phi) is 8.15. The molecule has 0 bridgehead atoms. The highest BCUT2D eigenvalue weighted by Gasteiger charge is 2.31. The van der Waals surface area contributed by atoms with Crippen molar-refractivity contribution >= 4 is 29.1 Å². The number of para-hydroxylation sites is 1. The van der Waals surface area contributed by atoms with Crippen molar-refractivity contribution in [2.45, 2.75) is 44.8 Å². The molecular weight excluding hydrogens is 532 g/mol. The summed E-state index contributed by atoms with van der Waals surface area (Å²) in [6.45, 7) is 9.07. The lowest BCUT2D eigenvalue weighted by Gasteiger charge is -2.20. The Balaban J connectivity index is 1.35. The zero-order chi connectivity index (χ0) is 29.9. The summed E-state index contributed by atoms with van der Waals surface area (Å²) in [5, 5.41) is 3.44. The molecule has 5 rings (SSSR count). The summed E-state index contributed by atoms with van der Waals surface area (Å²) in [4.78, 5) is 39.1. The maximum absolute atomic E-state index is 13.1. The third-order valence-corrected chi connectivity index (χ3v) is 7.07. The van der Waals surface area contributed by atoms with E-state index in [2.05, 4.69) is 24.0 Å². The fourth-order valence-corrected chi connectivity index (χ4v) is 5.31. The number of hydrogen-bond acceptors (Lipinski definition) is 6. The SMILES string of the molecule is C=CCOC(=O)[C@@H](Cc1cn(C(=O)OC(C)(C)C)c2ccccc12)NC(=O)OCC1c2ccccc2-c2ccccc21. The summed E-state index contributed by atoms with van der Waals surface area (Å²) in [6, 6.07) is 22.4. The van der Waals surface area contributed by atoms with Crippen molar-refractivity contribution < 1.29 is 28.6 Å². The van der Waals surface area contributed by atoms with Crippen molar-refractivity contribution in [2.75, 3.05) is 13.2 Å². The lowest BCUT2D eigenvalue weighted by Crippen LogP contribution is -2.44. The van der Waals surface area contributed by atoms with Gasteiger partial charge in [0.1, 0.15) is 24.9 Å². The number of nitrogens with zero attached hydrogens (tertiary/aromatic N) is 1. The molecule has 1 aliphatic rings. The molecule has 3 aromatic carbocycles. The van der Waals surface area contributed by atoms with Crippen LogP contribution in [-0.4, -0.2) is 47.6 Å². The lowest BCUT2D eigenvalue weighted by atomic mass is 9.98. The highest BCUT2D eigenvalue weighted by atomic mass is 16.6.